The minimum absolute atomic E-state index is 0.0465. The van der Waals surface area contributed by atoms with E-state index in [1.54, 1.807) is 14.2 Å². The average Bonchev–Trinajstić information content (AvgIpc) is 3.38. The third-order valence-electron chi connectivity index (χ3n) is 5.11. The number of ether oxygens (including phenoxy) is 2. The summed E-state index contributed by atoms with van der Waals surface area (Å²) < 4.78 is 34.8. The normalized spacial score (nSPS) is 27.6. The summed E-state index contributed by atoms with van der Waals surface area (Å²) in [5.74, 6) is 1.46. The van der Waals surface area contributed by atoms with E-state index in [0.717, 1.165) is 18.4 Å². The largest absolute Gasteiger partial charge is 0.493 e. The molecular formula is C18H22N2O5S2. The molecule has 0 aromatic heterocycles. The minimum atomic E-state index is -3.06. The molecule has 1 aromatic rings. The van der Waals surface area contributed by atoms with E-state index in [1.165, 1.54) is 11.8 Å². The van der Waals surface area contributed by atoms with E-state index in [0.29, 0.717) is 23.2 Å². The molecule has 4 rings (SSSR count). The summed E-state index contributed by atoms with van der Waals surface area (Å²) in [7, 11) is 0.101. The molecule has 3 fully saturated rings. The average molecular weight is 411 g/mol. The van der Waals surface area contributed by atoms with E-state index in [1.807, 2.05) is 23.1 Å². The van der Waals surface area contributed by atoms with Crippen LogP contribution in [-0.2, 0) is 21.2 Å². The van der Waals surface area contributed by atoms with Crippen LogP contribution in [0.2, 0.25) is 0 Å². The molecule has 2 saturated heterocycles. The van der Waals surface area contributed by atoms with Crippen LogP contribution in [0.15, 0.2) is 23.2 Å². The molecule has 2 heterocycles. The number of carbonyl (C=O) groups is 1. The molecule has 0 N–H and O–H groups in total. The maximum Gasteiger partial charge on any atom is 0.251 e. The quantitative estimate of drug-likeness (QED) is 0.730. The number of sulfone groups is 1. The lowest BCUT2D eigenvalue weighted by atomic mass is 10.1. The highest BCUT2D eigenvalue weighted by molar-refractivity contribution is 8.15. The third kappa shape index (κ3) is 3.80. The molecule has 1 aromatic carbocycles. The topological polar surface area (TPSA) is 85.3 Å². The molecule has 27 heavy (non-hydrogen) atoms. The van der Waals surface area contributed by atoms with Gasteiger partial charge in [0, 0.05) is 17.7 Å². The summed E-state index contributed by atoms with van der Waals surface area (Å²) in [6.07, 6.45) is 1.80. The van der Waals surface area contributed by atoms with Crippen molar-refractivity contribution in [1.29, 1.82) is 0 Å². The first-order valence-corrected chi connectivity index (χ1v) is 11.6. The highest BCUT2D eigenvalue weighted by Crippen LogP contribution is 2.40. The van der Waals surface area contributed by atoms with E-state index in [4.69, 9.17) is 9.47 Å². The standard InChI is InChI=1S/C18H22N2O5S2/c1-24-14-6-3-11(7-15(14)25-2)8-20-13-9-27(22,23)10-16(13)26-18(20)19-17(21)12-4-5-12/h3,6-7,12-13,16H,4-5,8-10H2,1-2H3/t13-,16-/m0/s1. The van der Waals surface area contributed by atoms with Crippen LogP contribution in [0.3, 0.4) is 0 Å². The van der Waals surface area contributed by atoms with E-state index >= 15 is 0 Å². The van der Waals surface area contributed by atoms with Crippen LogP contribution in [0.4, 0.5) is 0 Å². The summed E-state index contributed by atoms with van der Waals surface area (Å²) in [6, 6.07) is 5.47. The van der Waals surface area contributed by atoms with Crippen molar-refractivity contribution in [2.24, 2.45) is 10.9 Å². The van der Waals surface area contributed by atoms with Gasteiger partial charge in [0.25, 0.3) is 5.91 Å². The molecule has 9 heteroatoms. The number of thioether (sulfide) groups is 1. The van der Waals surface area contributed by atoms with Crippen molar-refractivity contribution in [3.05, 3.63) is 23.8 Å². The number of benzene rings is 1. The summed E-state index contributed by atoms with van der Waals surface area (Å²) in [4.78, 5) is 18.5. The van der Waals surface area contributed by atoms with E-state index < -0.39 is 9.84 Å². The fourth-order valence-corrected chi connectivity index (χ4v) is 7.47. The lowest BCUT2D eigenvalue weighted by molar-refractivity contribution is -0.118. The molecule has 0 unspecified atom stereocenters. The molecular weight excluding hydrogens is 388 g/mol. The molecule has 146 valence electrons. The smallest absolute Gasteiger partial charge is 0.251 e. The number of hydrogen-bond donors (Lipinski definition) is 0. The van der Waals surface area contributed by atoms with E-state index in [9.17, 15) is 13.2 Å². The zero-order chi connectivity index (χ0) is 19.2. The predicted molar refractivity (Wildman–Crippen MR) is 104 cm³/mol. The Kier molecular flexibility index (Phi) is 4.84. The van der Waals surface area contributed by atoms with Crippen molar-refractivity contribution >= 4 is 32.7 Å². The monoisotopic (exact) mass is 410 g/mol. The Morgan fingerprint density at radius 2 is 1.96 bits per heavy atom. The summed E-state index contributed by atoms with van der Waals surface area (Å²) in [5.41, 5.74) is 0.949. The molecule has 1 amide bonds. The number of carbonyl (C=O) groups excluding carboxylic acids is 1. The first kappa shape index (κ1) is 18.6. The third-order valence-corrected chi connectivity index (χ3v) is 8.36. The maximum atomic E-state index is 12.2. The van der Waals surface area contributed by atoms with Crippen LogP contribution in [0, 0.1) is 5.92 Å². The lowest BCUT2D eigenvalue weighted by Crippen LogP contribution is -2.37. The first-order valence-electron chi connectivity index (χ1n) is 8.87. The number of methoxy groups -OCH3 is 2. The Morgan fingerprint density at radius 3 is 2.63 bits per heavy atom. The Bertz CT molecular complexity index is 895. The molecule has 0 bridgehead atoms. The van der Waals surface area contributed by atoms with Gasteiger partial charge in [-0.1, -0.05) is 17.8 Å². The van der Waals surface area contributed by atoms with Crippen molar-refractivity contribution in [3.8, 4) is 11.5 Å². The Labute approximate surface area is 163 Å². The second kappa shape index (κ2) is 7.01. The van der Waals surface area contributed by atoms with Gasteiger partial charge in [-0.25, -0.2) is 8.42 Å². The van der Waals surface area contributed by atoms with Gasteiger partial charge in [0.15, 0.2) is 26.5 Å². The first-order chi connectivity index (χ1) is 12.9. The van der Waals surface area contributed by atoms with Gasteiger partial charge in [0.2, 0.25) is 0 Å². The molecule has 0 radical (unpaired) electrons. The highest BCUT2D eigenvalue weighted by atomic mass is 32.2. The molecule has 3 aliphatic rings. The van der Waals surface area contributed by atoms with Gasteiger partial charge in [-0.05, 0) is 30.5 Å². The predicted octanol–water partition coefficient (Wildman–Crippen LogP) is 1.71. The van der Waals surface area contributed by atoms with E-state index in [2.05, 4.69) is 4.99 Å². The highest BCUT2D eigenvalue weighted by Gasteiger charge is 2.49. The molecule has 2 atom stereocenters. The summed E-state index contributed by atoms with van der Waals surface area (Å²) in [6.45, 7) is 0.473. The minimum Gasteiger partial charge on any atom is -0.493 e. The van der Waals surface area contributed by atoms with Gasteiger partial charge in [-0.15, -0.1) is 0 Å². The van der Waals surface area contributed by atoms with Gasteiger partial charge < -0.3 is 14.4 Å². The number of amides is 1. The number of aliphatic imine (C=N–C) groups is 1. The van der Waals surface area contributed by atoms with Gasteiger partial charge in [-0.2, -0.15) is 4.99 Å². The lowest BCUT2D eigenvalue weighted by Gasteiger charge is -2.25. The van der Waals surface area contributed by atoms with Gasteiger partial charge in [-0.3, -0.25) is 4.79 Å². The van der Waals surface area contributed by atoms with E-state index in [-0.39, 0.29) is 34.6 Å². The molecule has 0 spiro atoms. The number of nitrogens with zero attached hydrogens (tertiary/aromatic N) is 2. The Morgan fingerprint density at radius 1 is 1.22 bits per heavy atom. The van der Waals surface area contributed by atoms with Gasteiger partial charge in [0.05, 0.1) is 31.8 Å². The zero-order valence-corrected chi connectivity index (χ0v) is 16.9. The number of fused-ring (bicyclic) bond motifs is 1. The second-order valence-corrected chi connectivity index (χ2v) is 10.5. The maximum absolute atomic E-state index is 12.2. The van der Waals surface area contributed by atoms with Crippen LogP contribution in [0.5, 0.6) is 11.5 Å². The summed E-state index contributed by atoms with van der Waals surface area (Å²) in [5, 5.41) is 0.576. The molecule has 1 aliphatic carbocycles. The fourth-order valence-electron chi connectivity index (χ4n) is 3.51. The van der Waals surface area contributed by atoms with Gasteiger partial charge >= 0.3 is 0 Å². The number of hydrogen-bond acceptors (Lipinski definition) is 6. The fraction of sp³-hybridized carbons (Fsp3) is 0.556. The molecule has 2 aliphatic heterocycles. The second-order valence-electron chi connectivity index (χ2n) is 7.12. The van der Waals surface area contributed by atoms with Crippen LogP contribution < -0.4 is 9.47 Å². The van der Waals surface area contributed by atoms with Crippen molar-refractivity contribution in [2.75, 3.05) is 25.7 Å². The van der Waals surface area contributed by atoms with Crippen LogP contribution >= 0.6 is 11.8 Å². The number of amidine groups is 1. The Hall–Kier alpha value is -1.74. The van der Waals surface area contributed by atoms with Crippen LogP contribution in [-0.4, -0.2) is 61.4 Å². The Balaban J connectivity index is 1.62. The van der Waals surface area contributed by atoms with Crippen molar-refractivity contribution in [3.63, 3.8) is 0 Å². The zero-order valence-electron chi connectivity index (χ0n) is 15.3. The SMILES string of the molecule is COc1ccc(CN2C(=NC(=O)C3CC3)S[C@H]3CS(=O)(=O)C[C@@H]32)cc1OC. The molecule has 1 saturated carbocycles. The number of rotatable bonds is 5. The van der Waals surface area contributed by atoms with Crippen LogP contribution in [0.1, 0.15) is 18.4 Å². The van der Waals surface area contributed by atoms with Gasteiger partial charge in [0.1, 0.15) is 0 Å². The van der Waals surface area contributed by atoms with Crippen molar-refractivity contribution < 1.29 is 22.7 Å². The molecule has 7 nitrogen and oxygen atoms in total. The van der Waals surface area contributed by atoms with Crippen molar-refractivity contribution in [2.45, 2.75) is 30.7 Å². The van der Waals surface area contributed by atoms with Crippen molar-refractivity contribution in [1.82, 2.24) is 4.90 Å². The summed E-state index contributed by atoms with van der Waals surface area (Å²) >= 11 is 1.42. The van der Waals surface area contributed by atoms with Crippen LogP contribution in [0.25, 0.3) is 0 Å².